The summed E-state index contributed by atoms with van der Waals surface area (Å²) in [6, 6.07) is 6.23. The summed E-state index contributed by atoms with van der Waals surface area (Å²) in [5.74, 6) is -0.295. The third-order valence-electron chi connectivity index (χ3n) is 2.55. The second-order valence-electron chi connectivity index (χ2n) is 3.78. The number of aromatic amines is 1. The van der Waals surface area contributed by atoms with Crippen LogP contribution in [0.25, 0.3) is 0 Å². The summed E-state index contributed by atoms with van der Waals surface area (Å²) in [5.41, 5.74) is 1.49. The lowest BCUT2D eigenvalue weighted by Crippen LogP contribution is -2.17. The smallest absolute Gasteiger partial charge is 0.281 e. The molecule has 0 bridgehead atoms. The summed E-state index contributed by atoms with van der Waals surface area (Å²) in [6.07, 6.45) is 0.742. The van der Waals surface area contributed by atoms with Crippen molar-refractivity contribution in [2.75, 3.05) is 0 Å². The van der Waals surface area contributed by atoms with Crippen LogP contribution >= 0.6 is 15.9 Å². The number of nitrogens with zero attached hydrogens (tertiary/aromatic N) is 1. The fraction of sp³-hybridized carbons (Fsp3) is 0.250. The molecule has 0 fully saturated rings. The summed E-state index contributed by atoms with van der Waals surface area (Å²) in [7, 11) is 0. The summed E-state index contributed by atoms with van der Waals surface area (Å²) < 4.78 is 15.0. The highest BCUT2D eigenvalue weighted by molar-refractivity contribution is 9.10. The second-order valence-corrected chi connectivity index (χ2v) is 4.57. The Morgan fingerprint density at radius 2 is 2.24 bits per heavy atom. The van der Waals surface area contributed by atoms with Crippen molar-refractivity contribution in [3.63, 3.8) is 0 Å². The predicted octanol–water partition coefficient (Wildman–Crippen LogP) is 2.69. The molecular formula is C12H12BrFN2O. The maximum Gasteiger partial charge on any atom is 0.281 e. The van der Waals surface area contributed by atoms with E-state index < -0.39 is 0 Å². The highest BCUT2D eigenvalue weighted by Gasteiger charge is 2.10. The van der Waals surface area contributed by atoms with E-state index in [0.717, 1.165) is 17.7 Å². The lowest BCUT2D eigenvalue weighted by atomic mass is 10.2. The van der Waals surface area contributed by atoms with E-state index in [4.69, 9.17) is 0 Å². The molecule has 1 aromatic heterocycles. The van der Waals surface area contributed by atoms with Crippen molar-refractivity contribution in [3.8, 4) is 0 Å². The van der Waals surface area contributed by atoms with E-state index in [1.54, 1.807) is 12.1 Å². The van der Waals surface area contributed by atoms with Crippen LogP contribution in [0.1, 0.15) is 18.2 Å². The topological polar surface area (TPSA) is 37.8 Å². The zero-order valence-electron chi connectivity index (χ0n) is 9.34. The van der Waals surface area contributed by atoms with Gasteiger partial charge in [-0.2, -0.15) is 0 Å². The van der Waals surface area contributed by atoms with E-state index in [-0.39, 0.29) is 11.4 Å². The number of hydrogen-bond donors (Lipinski definition) is 1. The van der Waals surface area contributed by atoms with Crippen LogP contribution < -0.4 is 5.56 Å². The first-order valence-electron chi connectivity index (χ1n) is 5.33. The molecule has 5 heteroatoms. The van der Waals surface area contributed by atoms with Crippen LogP contribution in [0.4, 0.5) is 4.39 Å². The Kier molecular flexibility index (Phi) is 3.47. The molecule has 2 aromatic rings. The second kappa shape index (κ2) is 4.87. The highest BCUT2D eigenvalue weighted by Crippen LogP contribution is 2.11. The Morgan fingerprint density at radius 1 is 1.47 bits per heavy atom. The first-order chi connectivity index (χ1) is 8.11. The van der Waals surface area contributed by atoms with Gasteiger partial charge in [-0.3, -0.25) is 9.89 Å². The molecule has 3 nitrogen and oxygen atoms in total. The SMILES string of the molecule is CCc1[nH]n(Cc2cccc(F)c2)c(=O)c1Br. The monoisotopic (exact) mass is 298 g/mol. The Morgan fingerprint density at radius 3 is 2.82 bits per heavy atom. The van der Waals surface area contributed by atoms with E-state index in [1.807, 2.05) is 6.92 Å². The molecule has 1 aromatic carbocycles. The number of aryl methyl sites for hydroxylation is 1. The van der Waals surface area contributed by atoms with E-state index >= 15 is 0 Å². The van der Waals surface area contributed by atoms with E-state index in [1.165, 1.54) is 16.8 Å². The molecule has 0 unspecified atom stereocenters. The maximum atomic E-state index is 13.0. The number of halogens is 2. The van der Waals surface area contributed by atoms with Crippen molar-refractivity contribution in [3.05, 3.63) is 56.2 Å². The molecule has 90 valence electrons. The minimum absolute atomic E-state index is 0.119. The average Bonchev–Trinajstić information content (AvgIpc) is 2.57. The molecule has 0 radical (unpaired) electrons. The van der Waals surface area contributed by atoms with Gasteiger partial charge in [-0.25, -0.2) is 9.07 Å². The van der Waals surface area contributed by atoms with Crippen molar-refractivity contribution < 1.29 is 4.39 Å². The van der Waals surface area contributed by atoms with Gasteiger partial charge in [0.15, 0.2) is 0 Å². The normalized spacial score (nSPS) is 10.8. The summed E-state index contributed by atoms with van der Waals surface area (Å²) in [4.78, 5) is 11.8. The number of H-pyrrole nitrogens is 1. The number of rotatable bonds is 3. The zero-order valence-corrected chi connectivity index (χ0v) is 10.9. The first-order valence-corrected chi connectivity index (χ1v) is 6.12. The molecule has 0 saturated heterocycles. The van der Waals surface area contributed by atoms with Crippen LogP contribution in [-0.4, -0.2) is 9.78 Å². The van der Waals surface area contributed by atoms with Gasteiger partial charge >= 0.3 is 0 Å². The van der Waals surface area contributed by atoms with Gasteiger partial charge in [-0.05, 0) is 40.0 Å². The molecular weight excluding hydrogens is 287 g/mol. The Labute approximate surface area is 106 Å². The lowest BCUT2D eigenvalue weighted by Gasteiger charge is -2.02. The fourth-order valence-corrected chi connectivity index (χ4v) is 2.26. The van der Waals surface area contributed by atoms with Gasteiger partial charge in [-0.1, -0.05) is 19.1 Å². The standard InChI is InChI=1S/C12H12BrFN2O/c1-2-10-11(13)12(17)16(15-10)7-8-4-3-5-9(14)6-8/h3-6,15H,2,7H2,1H3. The number of aromatic nitrogens is 2. The van der Waals surface area contributed by atoms with E-state index in [2.05, 4.69) is 21.0 Å². The largest absolute Gasteiger partial charge is 0.298 e. The van der Waals surface area contributed by atoms with Crippen molar-refractivity contribution in [2.45, 2.75) is 19.9 Å². The summed E-state index contributed by atoms with van der Waals surface area (Å²) >= 11 is 3.25. The molecule has 0 aliphatic carbocycles. The van der Waals surface area contributed by atoms with E-state index in [0.29, 0.717) is 11.0 Å². The maximum absolute atomic E-state index is 13.0. The van der Waals surface area contributed by atoms with Crippen molar-refractivity contribution >= 4 is 15.9 Å². The third kappa shape index (κ3) is 2.49. The van der Waals surface area contributed by atoms with Crippen LogP contribution in [0.2, 0.25) is 0 Å². The lowest BCUT2D eigenvalue weighted by molar-refractivity contribution is 0.614. The molecule has 2 rings (SSSR count). The van der Waals surface area contributed by atoms with Crippen LogP contribution in [0, 0.1) is 5.82 Å². The van der Waals surface area contributed by atoms with Crippen LogP contribution in [0.5, 0.6) is 0 Å². The van der Waals surface area contributed by atoms with Gasteiger partial charge in [0, 0.05) is 0 Å². The van der Waals surface area contributed by atoms with Gasteiger partial charge < -0.3 is 0 Å². The molecule has 17 heavy (non-hydrogen) atoms. The Balaban J connectivity index is 2.34. The first kappa shape index (κ1) is 12.1. The minimum atomic E-state index is -0.295. The van der Waals surface area contributed by atoms with Gasteiger partial charge in [0.1, 0.15) is 10.3 Å². The highest BCUT2D eigenvalue weighted by atomic mass is 79.9. The predicted molar refractivity (Wildman–Crippen MR) is 67.6 cm³/mol. The van der Waals surface area contributed by atoms with Crippen LogP contribution in [-0.2, 0) is 13.0 Å². The van der Waals surface area contributed by atoms with E-state index in [9.17, 15) is 9.18 Å². The minimum Gasteiger partial charge on any atom is -0.298 e. The summed E-state index contributed by atoms with van der Waals surface area (Å²) in [5, 5.41) is 3.00. The zero-order chi connectivity index (χ0) is 12.4. The third-order valence-corrected chi connectivity index (χ3v) is 3.37. The van der Waals surface area contributed by atoms with Crippen LogP contribution in [0.3, 0.4) is 0 Å². The number of nitrogens with one attached hydrogen (secondary N) is 1. The Hall–Kier alpha value is -1.36. The molecule has 1 heterocycles. The molecule has 0 amide bonds. The quantitative estimate of drug-likeness (QED) is 0.929. The number of benzene rings is 1. The Bertz CT molecular complexity index is 588. The fourth-order valence-electron chi connectivity index (χ4n) is 1.67. The molecule has 0 saturated carbocycles. The van der Waals surface area contributed by atoms with Crippen molar-refractivity contribution in [1.29, 1.82) is 0 Å². The molecule has 0 spiro atoms. The van der Waals surface area contributed by atoms with Crippen LogP contribution in [0.15, 0.2) is 33.5 Å². The van der Waals surface area contributed by atoms with Gasteiger partial charge in [-0.15, -0.1) is 0 Å². The van der Waals surface area contributed by atoms with Crippen molar-refractivity contribution in [1.82, 2.24) is 9.78 Å². The average molecular weight is 299 g/mol. The molecule has 0 atom stereocenters. The van der Waals surface area contributed by atoms with Gasteiger partial charge in [0.2, 0.25) is 0 Å². The number of hydrogen-bond acceptors (Lipinski definition) is 1. The molecule has 0 aliphatic heterocycles. The summed E-state index contributed by atoms with van der Waals surface area (Å²) in [6.45, 7) is 2.30. The molecule has 1 N–H and O–H groups in total. The van der Waals surface area contributed by atoms with Gasteiger partial charge in [0.25, 0.3) is 5.56 Å². The molecule has 0 aliphatic rings. The van der Waals surface area contributed by atoms with Gasteiger partial charge in [0.05, 0.1) is 12.2 Å². The van der Waals surface area contributed by atoms with Crippen molar-refractivity contribution in [2.24, 2.45) is 0 Å².